The van der Waals surface area contributed by atoms with Crippen molar-refractivity contribution in [2.45, 2.75) is 32.7 Å². The van der Waals surface area contributed by atoms with E-state index in [2.05, 4.69) is 22.5 Å². The molecule has 0 aromatic carbocycles. The van der Waals surface area contributed by atoms with Crippen molar-refractivity contribution in [3.63, 3.8) is 0 Å². The molecule has 0 spiro atoms. The Kier molecular flexibility index (Phi) is 5.94. The van der Waals surface area contributed by atoms with Crippen LogP contribution >= 0.6 is 11.3 Å². The second-order valence-corrected chi connectivity index (χ2v) is 6.07. The summed E-state index contributed by atoms with van der Waals surface area (Å²) < 4.78 is 5.42. The summed E-state index contributed by atoms with van der Waals surface area (Å²) >= 11 is 1.65. The van der Waals surface area contributed by atoms with E-state index in [1.165, 1.54) is 0 Å². The van der Waals surface area contributed by atoms with E-state index in [0.29, 0.717) is 19.8 Å². The largest absolute Gasteiger partial charge is 0.379 e. The standard InChI is InChI=1S/C14H23N3O2S/c1-3-5-15-12-8-19-7-11(12)14(18)16-6-4-13-17-10(2)9-20-13/h9,11-12,15H,3-8H2,1-2H3,(H,16,18). The van der Waals surface area contributed by atoms with E-state index < -0.39 is 0 Å². The zero-order valence-corrected chi connectivity index (χ0v) is 13.0. The molecule has 1 aliphatic heterocycles. The number of nitrogens with one attached hydrogen (secondary N) is 2. The first-order chi connectivity index (χ1) is 9.70. The number of aryl methyl sites for hydroxylation is 1. The fourth-order valence-electron chi connectivity index (χ4n) is 2.28. The fourth-order valence-corrected chi connectivity index (χ4v) is 3.06. The molecule has 6 heteroatoms. The Morgan fingerprint density at radius 1 is 1.50 bits per heavy atom. The van der Waals surface area contributed by atoms with E-state index in [-0.39, 0.29) is 17.9 Å². The first kappa shape index (κ1) is 15.4. The molecule has 1 fully saturated rings. The van der Waals surface area contributed by atoms with Crippen LogP contribution in [-0.4, -0.2) is 43.2 Å². The Bertz CT molecular complexity index is 436. The Labute approximate surface area is 124 Å². The zero-order chi connectivity index (χ0) is 14.4. The quantitative estimate of drug-likeness (QED) is 0.792. The van der Waals surface area contributed by atoms with Gasteiger partial charge in [0.2, 0.25) is 5.91 Å². The van der Waals surface area contributed by atoms with Crippen LogP contribution < -0.4 is 10.6 Å². The van der Waals surface area contributed by atoms with E-state index in [1.54, 1.807) is 11.3 Å². The molecule has 2 heterocycles. The van der Waals surface area contributed by atoms with Crippen molar-refractivity contribution in [1.29, 1.82) is 0 Å². The molecule has 0 bridgehead atoms. The zero-order valence-electron chi connectivity index (χ0n) is 12.1. The molecular formula is C14H23N3O2S. The van der Waals surface area contributed by atoms with Gasteiger partial charge in [0.05, 0.1) is 24.1 Å². The molecule has 1 saturated heterocycles. The monoisotopic (exact) mass is 297 g/mol. The van der Waals surface area contributed by atoms with E-state index in [1.807, 2.05) is 12.3 Å². The lowest BCUT2D eigenvalue weighted by Gasteiger charge is -2.18. The average Bonchev–Trinajstić information content (AvgIpc) is 3.05. The molecule has 0 saturated carbocycles. The summed E-state index contributed by atoms with van der Waals surface area (Å²) in [6, 6.07) is 0.150. The lowest BCUT2D eigenvalue weighted by molar-refractivity contribution is -0.125. The van der Waals surface area contributed by atoms with Gasteiger partial charge in [0, 0.05) is 30.1 Å². The van der Waals surface area contributed by atoms with Gasteiger partial charge in [-0.3, -0.25) is 4.79 Å². The van der Waals surface area contributed by atoms with Crippen molar-refractivity contribution < 1.29 is 9.53 Å². The first-order valence-corrected chi connectivity index (χ1v) is 8.08. The van der Waals surface area contributed by atoms with Crippen molar-refractivity contribution >= 4 is 17.2 Å². The van der Waals surface area contributed by atoms with Crippen LogP contribution in [0.1, 0.15) is 24.0 Å². The molecule has 1 aliphatic rings. The van der Waals surface area contributed by atoms with Gasteiger partial charge in [-0.2, -0.15) is 0 Å². The van der Waals surface area contributed by atoms with Crippen molar-refractivity contribution in [1.82, 2.24) is 15.6 Å². The minimum atomic E-state index is -0.0698. The minimum absolute atomic E-state index is 0.0698. The van der Waals surface area contributed by atoms with Gasteiger partial charge in [-0.05, 0) is 19.9 Å². The van der Waals surface area contributed by atoms with E-state index in [9.17, 15) is 4.79 Å². The van der Waals surface area contributed by atoms with Crippen LogP contribution in [0.15, 0.2) is 5.38 Å². The van der Waals surface area contributed by atoms with Gasteiger partial charge in [-0.25, -0.2) is 4.98 Å². The molecule has 1 aromatic heterocycles. The van der Waals surface area contributed by atoms with Gasteiger partial charge in [-0.1, -0.05) is 6.92 Å². The van der Waals surface area contributed by atoms with E-state index >= 15 is 0 Å². The Morgan fingerprint density at radius 2 is 2.35 bits per heavy atom. The maximum atomic E-state index is 12.2. The van der Waals surface area contributed by atoms with Crippen LogP contribution in [0, 0.1) is 12.8 Å². The third-order valence-electron chi connectivity index (χ3n) is 3.38. The molecule has 2 atom stereocenters. The SMILES string of the molecule is CCCNC1COCC1C(=O)NCCc1nc(C)cs1. The summed E-state index contributed by atoms with van der Waals surface area (Å²) in [5.41, 5.74) is 1.05. The molecule has 112 valence electrons. The number of hydrogen-bond donors (Lipinski definition) is 2. The number of rotatable bonds is 7. The van der Waals surface area contributed by atoms with Gasteiger partial charge >= 0.3 is 0 Å². The Morgan fingerprint density at radius 3 is 3.05 bits per heavy atom. The molecule has 2 unspecified atom stereocenters. The van der Waals surface area contributed by atoms with Crippen LogP contribution in [0.5, 0.6) is 0 Å². The number of thiazole rings is 1. The number of hydrogen-bond acceptors (Lipinski definition) is 5. The second-order valence-electron chi connectivity index (χ2n) is 5.13. The van der Waals surface area contributed by atoms with Gasteiger partial charge in [0.1, 0.15) is 0 Å². The molecule has 5 nitrogen and oxygen atoms in total. The maximum Gasteiger partial charge on any atom is 0.227 e. The van der Waals surface area contributed by atoms with E-state index in [4.69, 9.17) is 4.74 Å². The predicted octanol–water partition coefficient (Wildman–Crippen LogP) is 1.12. The van der Waals surface area contributed by atoms with Gasteiger partial charge < -0.3 is 15.4 Å². The van der Waals surface area contributed by atoms with Crippen LogP contribution in [0.4, 0.5) is 0 Å². The molecule has 1 aromatic rings. The molecule has 1 amide bonds. The van der Waals surface area contributed by atoms with Gasteiger partial charge in [0.25, 0.3) is 0 Å². The Hall–Kier alpha value is -0.980. The normalized spacial score (nSPS) is 22.1. The molecular weight excluding hydrogens is 274 g/mol. The molecule has 2 N–H and O–H groups in total. The second kappa shape index (κ2) is 7.71. The lowest BCUT2D eigenvalue weighted by Crippen LogP contribution is -2.44. The average molecular weight is 297 g/mol. The first-order valence-electron chi connectivity index (χ1n) is 7.20. The predicted molar refractivity (Wildman–Crippen MR) is 80.0 cm³/mol. The number of carbonyl (C=O) groups excluding carboxylic acids is 1. The smallest absolute Gasteiger partial charge is 0.227 e. The highest BCUT2D eigenvalue weighted by Crippen LogP contribution is 2.14. The maximum absolute atomic E-state index is 12.2. The van der Waals surface area contributed by atoms with E-state index in [0.717, 1.165) is 30.1 Å². The number of aromatic nitrogens is 1. The minimum Gasteiger partial charge on any atom is -0.379 e. The van der Waals surface area contributed by atoms with Crippen LogP contribution in [0.3, 0.4) is 0 Å². The van der Waals surface area contributed by atoms with Crippen LogP contribution in [0.25, 0.3) is 0 Å². The highest BCUT2D eigenvalue weighted by Gasteiger charge is 2.33. The topological polar surface area (TPSA) is 63.2 Å². The van der Waals surface area contributed by atoms with Gasteiger partial charge in [0.15, 0.2) is 0 Å². The summed E-state index contributed by atoms with van der Waals surface area (Å²) in [6.45, 7) is 6.82. The third kappa shape index (κ3) is 4.26. The highest BCUT2D eigenvalue weighted by atomic mass is 32.1. The highest BCUT2D eigenvalue weighted by molar-refractivity contribution is 7.09. The van der Waals surface area contributed by atoms with Crippen LogP contribution in [0.2, 0.25) is 0 Å². The number of ether oxygens (including phenoxy) is 1. The molecule has 2 rings (SSSR count). The molecule has 20 heavy (non-hydrogen) atoms. The number of carbonyl (C=O) groups is 1. The lowest BCUT2D eigenvalue weighted by atomic mass is 10.0. The summed E-state index contributed by atoms with van der Waals surface area (Å²) in [4.78, 5) is 16.6. The van der Waals surface area contributed by atoms with Crippen molar-refractivity contribution in [2.24, 2.45) is 5.92 Å². The summed E-state index contributed by atoms with van der Waals surface area (Å²) in [5, 5.41) is 9.48. The Balaban J connectivity index is 1.73. The number of amides is 1. The summed E-state index contributed by atoms with van der Waals surface area (Å²) in [6.07, 6.45) is 1.86. The van der Waals surface area contributed by atoms with Crippen molar-refractivity contribution in [2.75, 3.05) is 26.3 Å². The third-order valence-corrected chi connectivity index (χ3v) is 4.40. The fraction of sp³-hybridized carbons (Fsp3) is 0.714. The summed E-state index contributed by atoms with van der Waals surface area (Å²) in [7, 11) is 0. The van der Waals surface area contributed by atoms with Crippen molar-refractivity contribution in [3.05, 3.63) is 16.1 Å². The number of nitrogens with zero attached hydrogens (tertiary/aromatic N) is 1. The van der Waals surface area contributed by atoms with Gasteiger partial charge in [-0.15, -0.1) is 11.3 Å². The molecule has 0 aliphatic carbocycles. The van der Waals surface area contributed by atoms with Crippen LogP contribution in [-0.2, 0) is 16.0 Å². The molecule has 0 radical (unpaired) electrons. The summed E-state index contributed by atoms with van der Waals surface area (Å²) in [5.74, 6) is 0.0176. The van der Waals surface area contributed by atoms with Crippen molar-refractivity contribution in [3.8, 4) is 0 Å².